The molecular formula is C25H47ClN4O7. The first-order valence-corrected chi connectivity index (χ1v) is 13.2. The van der Waals surface area contributed by atoms with E-state index in [1.807, 2.05) is 0 Å². The first-order chi connectivity index (χ1) is 17.5. The van der Waals surface area contributed by atoms with Gasteiger partial charge in [0.2, 0.25) is 6.41 Å². The van der Waals surface area contributed by atoms with E-state index in [0.29, 0.717) is 6.41 Å². The summed E-state index contributed by atoms with van der Waals surface area (Å²) in [5, 5.41) is 30.7. The summed E-state index contributed by atoms with van der Waals surface area (Å²) in [5.41, 5.74) is 4.98. The molecule has 0 bridgehead atoms. The van der Waals surface area contributed by atoms with Crippen LogP contribution in [0.1, 0.15) is 59.8 Å². The smallest absolute Gasteiger partial charge is 0.256 e. The molecule has 3 unspecified atom stereocenters. The Bertz CT molecular complexity index is 719. The van der Waals surface area contributed by atoms with Crippen LogP contribution in [0.4, 0.5) is 0 Å². The average molecular weight is 551 g/mol. The lowest BCUT2D eigenvalue weighted by atomic mass is 10.1. The van der Waals surface area contributed by atoms with E-state index in [1.54, 1.807) is 13.8 Å². The summed E-state index contributed by atoms with van der Waals surface area (Å²) in [7, 11) is 1.40. The molecule has 6 N–H and O–H groups in total. The van der Waals surface area contributed by atoms with Crippen molar-refractivity contribution in [3.05, 3.63) is 11.8 Å². The number of carbonyl (C=O) groups excluding carboxylic acids is 2. The summed E-state index contributed by atoms with van der Waals surface area (Å²) in [6, 6.07) is 0. The lowest BCUT2D eigenvalue weighted by molar-refractivity contribution is -0.128. The van der Waals surface area contributed by atoms with Crippen LogP contribution in [0.2, 0.25) is 0 Å². The number of nitrogens with zero attached hydrogens (tertiary/aromatic N) is 2. The van der Waals surface area contributed by atoms with Crippen molar-refractivity contribution in [1.29, 1.82) is 0 Å². The van der Waals surface area contributed by atoms with Crippen LogP contribution in [0.5, 0.6) is 0 Å². The maximum Gasteiger partial charge on any atom is 0.256 e. The summed E-state index contributed by atoms with van der Waals surface area (Å²) in [4.78, 5) is 28.8. The maximum absolute atomic E-state index is 12.5. The molecule has 0 aromatic carbocycles. The highest BCUT2D eigenvalue weighted by Crippen LogP contribution is 2.23. The summed E-state index contributed by atoms with van der Waals surface area (Å²) in [5.74, 6) is 1.01. The minimum absolute atomic E-state index is 0.0680. The zero-order chi connectivity index (χ0) is 28.4. The topological polar surface area (TPSA) is 167 Å². The van der Waals surface area contributed by atoms with E-state index in [0.717, 1.165) is 16.7 Å². The van der Waals surface area contributed by atoms with Gasteiger partial charge in [-0.05, 0) is 26.2 Å². The number of aliphatic hydroxyl groups excluding tert-OH is 3. The van der Waals surface area contributed by atoms with Gasteiger partial charge in [0, 0.05) is 32.1 Å². The number of halogens is 1. The number of nitrogens with two attached hydrogens (primary N) is 1. The Kier molecular flexibility index (Phi) is 18.4. The molecule has 1 aliphatic heterocycles. The van der Waals surface area contributed by atoms with Crippen LogP contribution < -0.4 is 11.1 Å². The number of amidine groups is 1. The first-order valence-electron chi connectivity index (χ1n) is 12.7. The fraction of sp³-hybridized carbons (Fsp3) is 0.800. The monoisotopic (exact) mass is 550 g/mol. The Morgan fingerprint density at radius 3 is 2.49 bits per heavy atom. The van der Waals surface area contributed by atoms with Crippen molar-refractivity contribution in [1.82, 2.24) is 10.2 Å². The maximum atomic E-state index is 12.5. The van der Waals surface area contributed by atoms with Crippen molar-refractivity contribution in [3.8, 4) is 0 Å². The van der Waals surface area contributed by atoms with Crippen LogP contribution in [-0.4, -0.2) is 102 Å². The molecule has 0 aromatic heterocycles. The summed E-state index contributed by atoms with van der Waals surface area (Å²) >= 11 is 5.52. The molecule has 1 aliphatic rings. The van der Waals surface area contributed by atoms with Crippen LogP contribution in [-0.2, 0) is 19.1 Å². The lowest BCUT2D eigenvalue weighted by Crippen LogP contribution is -2.38. The summed E-state index contributed by atoms with van der Waals surface area (Å²) < 4.78 is 10.8. The predicted molar refractivity (Wildman–Crippen MR) is 144 cm³/mol. The van der Waals surface area contributed by atoms with Crippen LogP contribution >= 0.6 is 11.6 Å². The molecule has 0 radical (unpaired) electrons. The molecular weight excluding hydrogens is 504 g/mol. The van der Waals surface area contributed by atoms with E-state index in [4.69, 9.17) is 37.0 Å². The van der Waals surface area contributed by atoms with Gasteiger partial charge in [-0.25, -0.2) is 0 Å². The Labute approximate surface area is 226 Å². The number of amides is 2. The zero-order valence-corrected chi connectivity index (χ0v) is 23.6. The first kappa shape index (κ1) is 35.2. The van der Waals surface area contributed by atoms with Crippen molar-refractivity contribution < 1.29 is 34.4 Å². The van der Waals surface area contributed by atoms with E-state index in [-0.39, 0.29) is 37.6 Å². The normalized spacial score (nSPS) is 20.4. The summed E-state index contributed by atoms with van der Waals surface area (Å²) in [6.07, 6.45) is 4.28. The fourth-order valence-electron chi connectivity index (χ4n) is 3.21. The van der Waals surface area contributed by atoms with Crippen molar-refractivity contribution in [2.24, 2.45) is 16.6 Å². The zero-order valence-electron chi connectivity index (χ0n) is 22.9. The Balaban J connectivity index is 0.00000122. The number of aliphatic imine (C=N–C) groups is 1. The molecule has 1 heterocycles. The van der Waals surface area contributed by atoms with Gasteiger partial charge in [-0.3, -0.25) is 19.5 Å². The highest BCUT2D eigenvalue weighted by Gasteiger charge is 2.36. The molecule has 0 saturated carbocycles. The number of alkyl halides is 1. The van der Waals surface area contributed by atoms with Crippen LogP contribution in [0.25, 0.3) is 0 Å². The third-order valence-electron chi connectivity index (χ3n) is 5.55. The third kappa shape index (κ3) is 14.7. The molecule has 11 nitrogen and oxygen atoms in total. The second kappa shape index (κ2) is 19.3. The highest BCUT2D eigenvalue weighted by atomic mass is 35.5. The van der Waals surface area contributed by atoms with Gasteiger partial charge in [-0.15, -0.1) is 11.6 Å². The number of ether oxygens (including phenoxy) is 2. The minimum Gasteiger partial charge on any atom is -0.394 e. The van der Waals surface area contributed by atoms with Gasteiger partial charge in [0.1, 0.15) is 18.2 Å². The van der Waals surface area contributed by atoms with E-state index in [9.17, 15) is 14.7 Å². The largest absolute Gasteiger partial charge is 0.394 e. The van der Waals surface area contributed by atoms with Gasteiger partial charge in [-0.2, -0.15) is 0 Å². The van der Waals surface area contributed by atoms with Crippen molar-refractivity contribution in [2.75, 3.05) is 39.3 Å². The SMILES string of the molecule is CC(C)CCCCCCl.CN=C(N)/C(=C\N(C=O)C1CC(O)C(CO)O1)C(=O)NCCOC(C)(C)CO. The van der Waals surface area contributed by atoms with Gasteiger partial charge in [0.25, 0.3) is 5.91 Å². The molecule has 1 saturated heterocycles. The molecule has 37 heavy (non-hydrogen) atoms. The van der Waals surface area contributed by atoms with E-state index in [1.165, 1.54) is 38.9 Å². The highest BCUT2D eigenvalue weighted by molar-refractivity contribution is 6.20. The standard InChI is InChI=1S/C17H30N4O7.C8H17Cl/c1-17(2,9-23)27-5-4-20-16(26)11(15(18)19-3)7-21(10-24)14-6-12(25)13(8-22)28-14;1-8(2)6-4-3-5-7-9/h7,10,12-14,22-23,25H,4-6,8-9H2,1-3H3,(H2,18,19)(H,20,26);8H,3-7H2,1-2H3/b11-7+;. The molecule has 1 fully saturated rings. The molecule has 216 valence electrons. The lowest BCUT2D eigenvalue weighted by Gasteiger charge is -2.23. The Morgan fingerprint density at radius 2 is 2.00 bits per heavy atom. The van der Waals surface area contributed by atoms with Crippen molar-refractivity contribution in [2.45, 2.75) is 83.8 Å². The number of hydrogen-bond donors (Lipinski definition) is 5. The second-order valence-electron chi connectivity index (χ2n) is 9.77. The van der Waals surface area contributed by atoms with Gasteiger partial charge in [0.05, 0.1) is 37.1 Å². The van der Waals surface area contributed by atoms with E-state index in [2.05, 4.69) is 24.2 Å². The Hall–Kier alpha value is -1.76. The van der Waals surface area contributed by atoms with Crippen molar-refractivity contribution in [3.63, 3.8) is 0 Å². The van der Waals surface area contributed by atoms with Gasteiger partial charge >= 0.3 is 0 Å². The Morgan fingerprint density at radius 1 is 1.32 bits per heavy atom. The minimum atomic E-state index is -0.938. The van der Waals surface area contributed by atoms with Gasteiger partial charge in [0.15, 0.2) is 0 Å². The van der Waals surface area contributed by atoms with Crippen LogP contribution in [0.3, 0.4) is 0 Å². The van der Waals surface area contributed by atoms with E-state index < -0.39 is 36.6 Å². The molecule has 0 aliphatic carbocycles. The summed E-state index contributed by atoms with van der Waals surface area (Å²) in [6.45, 7) is 7.68. The van der Waals surface area contributed by atoms with Gasteiger partial charge < -0.3 is 35.8 Å². The number of aliphatic hydroxyl groups is 3. The number of nitrogens with one attached hydrogen (secondary N) is 1. The number of unbranched alkanes of at least 4 members (excludes halogenated alkanes) is 2. The van der Waals surface area contributed by atoms with Gasteiger partial charge in [-0.1, -0.05) is 33.1 Å². The average Bonchev–Trinajstić information content (AvgIpc) is 3.25. The number of hydrogen-bond acceptors (Lipinski definition) is 8. The van der Waals surface area contributed by atoms with Crippen LogP contribution in [0, 0.1) is 5.92 Å². The molecule has 12 heteroatoms. The molecule has 2 amide bonds. The molecule has 0 aromatic rings. The molecule has 3 atom stereocenters. The third-order valence-corrected chi connectivity index (χ3v) is 5.82. The van der Waals surface area contributed by atoms with Crippen LogP contribution in [0.15, 0.2) is 16.8 Å². The quantitative estimate of drug-likeness (QED) is 0.0476. The second-order valence-corrected chi connectivity index (χ2v) is 10.2. The predicted octanol–water partition coefficient (Wildman–Crippen LogP) is 1.13. The number of carbonyl (C=O) groups is 2. The molecule has 1 rings (SSSR count). The number of rotatable bonds is 16. The fourth-order valence-corrected chi connectivity index (χ4v) is 3.40. The molecule has 0 spiro atoms. The van der Waals surface area contributed by atoms with Crippen molar-refractivity contribution >= 4 is 29.8 Å². The van der Waals surface area contributed by atoms with E-state index >= 15 is 0 Å².